The van der Waals surface area contributed by atoms with Gasteiger partial charge in [-0.2, -0.15) is 5.10 Å². The van der Waals surface area contributed by atoms with Gasteiger partial charge in [0.2, 0.25) is 0 Å². The van der Waals surface area contributed by atoms with Gasteiger partial charge in [-0.05, 0) is 38.5 Å². The van der Waals surface area contributed by atoms with Crippen molar-refractivity contribution in [2.45, 2.75) is 33.9 Å². The van der Waals surface area contributed by atoms with Crippen molar-refractivity contribution in [2.24, 2.45) is 4.99 Å². The van der Waals surface area contributed by atoms with Crippen LogP contribution in [0, 0.1) is 20.8 Å². The Hall–Kier alpha value is -2.01. The van der Waals surface area contributed by atoms with Crippen LogP contribution in [0.5, 0.6) is 0 Å². The third-order valence-electron chi connectivity index (χ3n) is 3.80. The van der Waals surface area contributed by atoms with Crippen molar-refractivity contribution in [1.82, 2.24) is 30.4 Å². The van der Waals surface area contributed by atoms with E-state index in [-0.39, 0.29) is 24.0 Å². The normalized spacial score (nSPS) is 11.2. The molecule has 7 nitrogen and oxygen atoms in total. The summed E-state index contributed by atoms with van der Waals surface area (Å²) in [5.41, 5.74) is 3.13. The second kappa shape index (κ2) is 9.79. The number of nitrogens with zero attached hydrogens (tertiary/aromatic N) is 5. The molecule has 0 atom stereocenters. The van der Waals surface area contributed by atoms with Gasteiger partial charge in [0.1, 0.15) is 5.01 Å². The zero-order valence-electron chi connectivity index (χ0n) is 15.9. The van der Waals surface area contributed by atoms with E-state index in [1.54, 1.807) is 18.4 Å². The summed E-state index contributed by atoms with van der Waals surface area (Å²) in [6.45, 7) is 7.36. The minimum Gasteiger partial charge on any atom is -0.352 e. The summed E-state index contributed by atoms with van der Waals surface area (Å²) in [5.74, 6) is 1.56. The van der Waals surface area contributed by atoms with E-state index >= 15 is 0 Å². The molecule has 3 rings (SSSR count). The molecule has 0 saturated heterocycles. The number of guanidine groups is 1. The lowest BCUT2D eigenvalue weighted by Crippen LogP contribution is -2.36. The molecule has 0 amide bonds. The molecule has 3 aromatic rings. The number of thiazole rings is 1. The van der Waals surface area contributed by atoms with E-state index in [0.717, 1.165) is 33.7 Å². The summed E-state index contributed by atoms with van der Waals surface area (Å²) in [6.07, 6.45) is 3.74. The van der Waals surface area contributed by atoms with Crippen molar-refractivity contribution in [1.29, 1.82) is 0 Å². The Balaban J connectivity index is 0.00000261. The summed E-state index contributed by atoms with van der Waals surface area (Å²) in [7, 11) is 1.76. The summed E-state index contributed by atoms with van der Waals surface area (Å²) >= 11 is 1.68. The Morgan fingerprint density at radius 1 is 1.11 bits per heavy atom. The van der Waals surface area contributed by atoms with Crippen LogP contribution in [0.2, 0.25) is 0 Å². The molecule has 3 aromatic heterocycles. The standard InChI is InChI=1S/C18H23N7S.HI/c1-12-7-13(2)25(24-12)16-6-5-15(9-20-16)10-22-18(19-4)23-11-17-21-8-14(3)26-17;/h5-9H,10-11H2,1-4H3,(H2,19,22,23);1H. The van der Waals surface area contributed by atoms with E-state index in [1.807, 2.05) is 49.1 Å². The van der Waals surface area contributed by atoms with Gasteiger partial charge in [0.15, 0.2) is 11.8 Å². The summed E-state index contributed by atoms with van der Waals surface area (Å²) in [4.78, 5) is 14.3. The van der Waals surface area contributed by atoms with Gasteiger partial charge >= 0.3 is 0 Å². The quantitative estimate of drug-likeness (QED) is 0.322. The van der Waals surface area contributed by atoms with E-state index in [0.29, 0.717) is 13.1 Å². The van der Waals surface area contributed by atoms with Gasteiger partial charge in [-0.1, -0.05) is 6.07 Å². The maximum atomic E-state index is 4.52. The van der Waals surface area contributed by atoms with Crippen LogP contribution < -0.4 is 10.6 Å². The lowest BCUT2D eigenvalue weighted by molar-refractivity contribution is 0.788. The van der Waals surface area contributed by atoms with Gasteiger partial charge in [-0.25, -0.2) is 14.6 Å². The van der Waals surface area contributed by atoms with Gasteiger partial charge in [0.05, 0.1) is 12.2 Å². The molecule has 0 spiro atoms. The highest BCUT2D eigenvalue weighted by Crippen LogP contribution is 2.11. The number of pyridine rings is 1. The van der Waals surface area contributed by atoms with E-state index < -0.39 is 0 Å². The van der Waals surface area contributed by atoms with E-state index in [1.165, 1.54) is 4.88 Å². The fourth-order valence-corrected chi connectivity index (χ4v) is 3.28. The van der Waals surface area contributed by atoms with Crippen molar-refractivity contribution >= 4 is 41.3 Å². The molecule has 0 bridgehead atoms. The number of rotatable bonds is 5. The minimum absolute atomic E-state index is 0. The molecule has 0 fully saturated rings. The third kappa shape index (κ3) is 5.73. The van der Waals surface area contributed by atoms with Crippen LogP contribution in [-0.4, -0.2) is 32.8 Å². The molecule has 144 valence electrons. The number of aryl methyl sites for hydroxylation is 3. The Kier molecular flexibility index (Phi) is 7.72. The monoisotopic (exact) mass is 497 g/mol. The summed E-state index contributed by atoms with van der Waals surface area (Å²) in [6, 6.07) is 6.06. The van der Waals surface area contributed by atoms with Gasteiger partial charge in [-0.15, -0.1) is 35.3 Å². The van der Waals surface area contributed by atoms with Crippen LogP contribution in [0.4, 0.5) is 0 Å². The van der Waals surface area contributed by atoms with E-state index in [2.05, 4.69) is 37.6 Å². The number of halogens is 1. The molecule has 27 heavy (non-hydrogen) atoms. The lowest BCUT2D eigenvalue weighted by atomic mass is 10.3. The average Bonchev–Trinajstić information content (AvgIpc) is 3.20. The molecular formula is C18H24IN7S. The Labute approximate surface area is 180 Å². The zero-order valence-corrected chi connectivity index (χ0v) is 19.0. The fourth-order valence-electron chi connectivity index (χ4n) is 2.56. The lowest BCUT2D eigenvalue weighted by Gasteiger charge is -2.11. The molecule has 0 aliphatic rings. The maximum absolute atomic E-state index is 4.52. The highest BCUT2D eigenvalue weighted by molar-refractivity contribution is 14.0. The Morgan fingerprint density at radius 2 is 1.89 bits per heavy atom. The van der Waals surface area contributed by atoms with Crippen molar-refractivity contribution < 1.29 is 0 Å². The first kappa shape index (κ1) is 21.3. The molecule has 0 saturated carbocycles. The number of hydrogen-bond acceptors (Lipinski definition) is 5. The molecular weight excluding hydrogens is 473 g/mol. The van der Waals surface area contributed by atoms with E-state index in [9.17, 15) is 0 Å². The zero-order chi connectivity index (χ0) is 18.5. The molecule has 3 heterocycles. The smallest absolute Gasteiger partial charge is 0.191 e. The predicted octanol–water partition coefficient (Wildman–Crippen LogP) is 3.13. The van der Waals surface area contributed by atoms with Crippen LogP contribution >= 0.6 is 35.3 Å². The first-order chi connectivity index (χ1) is 12.5. The first-order valence-electron chi connectivity index (χ1n) is 8.39. The van der Waals surface area contributed by atoms with Crippen LogP contribution in [0.25, 0.3) is 5.82 Å². The van der Waals surface area contributed by atoms with Crippen molar-refractivity contribution in [3.8, 4) is 5.82 Å². The molecule has 0 aromatic carbocycles. The third-order valence-corrected chi connectivity index (χ3v) is 4.71. The van der Waals surface area contributed by atoms with Crippen molar-refractivity contribution in [2.75, 3.05) is 7.05 Å². The van der Waals surface area contributed by atoms with Crippen LogP contribution in [-0.2, 0) is 13.1 Å². The summed E-state index contributed by atoms with van der Waals surface area (Å²) in [5, 5.41) is 12.1. The molecule has 0 aliphatic carbocycles. The van der Waals surface area contributed by atoms with Crippen LogP contribution in [0.15, 0.2) is 35.6 Å². The average molecular weight is 497 g/mol. The number of aromatic nitrogens is 4. The number of hydrogen-bond donors (Lipinski definition) is 2. The fraction of sp³-hybridized carbons (Fsp3) is 0.333. The number of aliphatic imine (C=N–C) groups is 1. The van der Waals surface area contributed by atoms with E-state index in [4.69, 9.17) is 0 Å². The van der Waals surface area contributed by atoms with Crippen LogP contribution in [0.3, 0.4) is 0 Å². The topological polar surface area (TPSA) is 80.0 Å². The highest BCUT2D eigenvalue weighted by atomic mass is 127. The second-order valence-electron chi connectivity index (χ2n) is 6.01. The molecule has 0 radical (unpaired) electrons. The molecule has 0 aliphatic heterocycles. The Bertz CT molecular complexity index is 899. The second-order valence-corrected chi connectivity index (χ2v) is 7.33. The Morgan fingerprint density at radius 3 is 2.44 bits per heavy atom. The predicted molar refractivity (Wildman–Crippen MR) is 120 cm³/mol. The van der Waals surface area contributed by atoms with Gasteiger partial charge in [0, 0.05) is 36.6 Å². The van der Waals surface area contributed by atoms with Gasteiger partial charge in [0.25, 0.3) is 0 Å². The number of nitrogens with one attached hydrogen (secondary N) is 2. The van der Waals surface area contributed by atoms with Crippen LogP contribution in [0.1, 0.15) is 26.8 Å². The summed E-state index contributed by atoms with van der Waals surface area (Å²) < 4.78 is 1.85. The first-order valence-corrected chi connectivity index (χ1v) is 9.21. The minimum atomic E-state index is 0. The van der Waals surface area contributed by atoms with Gasteiger partial charge in [-0.3, -0.25) is 4.99 Å². The highest BCUT2D eigenvalue weighted by Gasteiger charge is 2.06. The largest absolute Gasteiger partial charge is 0.352 e. The molecule has 9 heteroatoms. The maximum Gasteiger partial charge on any atom is 0.191 e. The molecule has 2 N–H and O–H groups in total. The van der Waals surface area contributed by atoms with Crippen molar-refractivity contribution in [3.63, 3.8) is 0 Å². The SMILES string of the molecule is CN=C(NCc1ccc(-n2nc(C)cc2C)nc1)NCc1ncc(C)s1.I. The van der Waals surface area contributed by atoms with Crippen molar-refractivity contribution in [3.05, 3.63) is 57.4 Å². The molecule has 0 unspecified atom stereocenters. The van der Waals surface area contributed by atoms with Gasteiger partial charge < -0.3 is 10.6 Å².